The van der Waals surface area contributed by atoms with Gasteiger partial charge in [-0.05, 0) is 31.4 Å². The summed E-state index contributed by atoms with van der Waals surface area (Å²) in [5.74, 6) is 0.0441. The number of hydrogen-bond acceptors (Lipinski definition) is 2. The molecule has 0 aromatic heterocycles. The van der Waals surface area contributed by atoms with Crippen LogP contribution in [-0.2, 0) is 4.79 Å². The molecule has 3 rings (SSSR count). The van der Waals surface area contributed by atoms with Crippen molar-refractivity contribution in [2.75, 3.05) is 5.32 Å². The Bertz CT molecular complexity index is 776. The predicted molar refractivity (Wildman–Crippen MR) is 109 cm³/mol. The Morgan fingerprint density at radius 1 is 0.963 bits per heavy atom. The summed E-state index contributed by atoms with van der Waals surface area (Å²) in [4.78, 5) is 23.6. The van der Waals surface area contributed by atoms with E-state index in [2.05, 4.69) is 16.0 Å². The molecule has 1 fully saturated rings. The summed E-state index contributed by atoms with van der Waals surface area (Å²) in [6, 6.07) is 18.2. The summed E-state index contributed by atoms with van der Waals surface area (Å²) in [5, 5.41) is 8.83. The van der Waals surface area contributed by atoms with Gasteiger partial charge in [0.05, 0.1) is 6.04 Å². The number of carbonyl (C=O) groups is 2. The zero-order valence-electron chi connectivity index (χ0n) is 15.7. The highest BCUT2D eigenvalue weighted by atomic mass is 16.2. The second kappa shape index (κ2) is 9.21. The van der Waals surface area contributed by atoms with Crippen molar-refractivity contribution in [2.45, 2.75) is 51.1 Å². The minimum absolute atomic E-state index is 0.0441. The summed E-state index contributed by atoms with van der Waals surface area (Å²) >= 11 is 0. The van der Waals surface area contributed by atoms with E-state index < -0.39 is 0 Å². The number of para-hydroxylation sites is 1. The Hall–Kier alpha value is -2.82. The molecule has 1 aliphatic heterocycles. The smallest absolute Gasteiger partial charge is 0.315 e. The molecule has 0 spiro atoms. The maximum atomic E-state index is 12.3. The summed E-state index contributed by atoms with van der Waals surface area (Å²) < 4.78 is 0. The van der Waals surface area contributed by atoms with Gasteiger partial charge in [-0.2, -0.15) is 0 Å². The Balaban J connectivity index is 1.43. The topological polar surface area (TPSA) is 70.2 Å². The van der Waals surface area contributed by atoms with Crippen LogP contribution in [0.15, 0.2) is 54.6 Å². The highest BCUT2D eigenvalue weighted by Crippen LogP contribution is 2.27. The second-order valence-corrected chi connectivity index (χ2v) is 7.07. The molecule has 1 aliphatic rings. The van der Waals surface area contributed by atoms with Crippen molar-refractivity contribution < 1.29 is 9.59 Å². The summed E-state index contributed by atoms with van der Waals surface area (Å²) in [7, 11) is 0. The van der Waals surface area contributed by atoms with Gasteiger partial charge in [0.25, 0.3) is 0 Å². The van der Waals surface area contributed by atoms with E-state index in [4.69, 9.17) is 0 Å². The van der Waals surface area contributed by atoms with Gasteiger partial charge in [0.2, 0.25) is 5.91 Å². The highest BCUT2D eigenvalue weighted by molar-refractivity contribution is 5.95. The molecule has 0 bridgehead atoms. The van der Waals surface area contributed by atoms with Gasteiger partial charge >= 0.3 is 6.03 Å². The van der Waals surface area contributed by atoms with Crippen molar-refractivity contribution in [3.05, 3.63) is 54.6 Å². The predicted octanol–water partition coefficient (Wildman–Crippen LogP) is 4.31. The van der Waals surface area contributed by atoms with Gasteiger partial charge in [-0.25, -0.2) is 4.79 Å². The van der Waals surface area contributed by atoms with Crippen molar-refractivity contribution in [2.24, 2.45) is 0 Å². The molecule has 2 aromatic rings. The standard InChI is InChI=1S/C22H27N3O2/c1-16-19(25-22(27)23-16)13-6-3-7-15-21(26)24-20-14-9-8-12-18(20)17-10-4-2-5-11-17/h2,4-5,8-12,14,16,19H,3,6-7,13,15H2,1H3,(H,24,26)(H2,23,25,27)/t16-,19+/m1/s1. The van der Waals surface area contributed by atoms with Crippen molar-refractivity contribution in [3.63, 3.8) is 0 Å². The molecular formula is C22H27N3O2. The van der Waals surface area contributed by atoms with Crippen molar-refractivity contribution in [1.82, 2.24) is 10.6 Å². The number of hydrogen-bond donors (Lipinski definition) is 3. The zero-order valence-corrected chi connectivity index (χ0v) is 15.7. The van der Waals surface area contributed by atoms with E-state index in [0.717, 1.165) is 42.5 Å². The van der Waals surface area contributed by atoms with Crippen molar-refractivity contribution >= 4 is 17.6 Å². The molecule has 0 saturated carbocycles. The van der Waals surface area contributed by atoms with Crippen LogP contribution in [0.1, 0.15) is 39.0 Å². The maximum absolute atomic E-state index is 12.3. The number of urea groups is 1. The van der Waals surface area contributed by atoms with Crippen molar-refractivity contribution in [1.29, 1.82) is 0 Å². The van der Waals surface area contributed by atoms with Crippen LogP contribution in [0, 0.1) is 0 Å². The van der Waals surface area contributed by atoms with Crippen LogP contribution >= 0.6 is 0 Å². The van der Waals surface area contributed by atoms with Gasteiger partial charge in [-0.3, -0.25) is 4.79 Å². The third-order valence-electron chi connectivity index (χ3n) is 4.98. The normalized spacial score (nSPS) is 18.6. The molecule has 1 saturated heterocycles. The van der Waals surface area contributed by atoms with E-state index in [1.54, 1.807) is 0 Å². The average molecular weight is 365 g/mol. The molecule has 1 heterocycles. The fourth-order valence-electron chi connectivity index (χ4n) is 3.47. The summed E-state index contributed by atoms with van der Waals surface area (Å²) in [6.45, 7) is 2.01. The fourth-order valence-corrected chi connectivity index (χ4v) is 3.47. The second-order valence-electron chi connectivity index (χ2n) is 7.07. The van der Waals surface area contributed by atoms with Crippen LogP contribution < -0.4 is 16.0 Å². The van der Waals surface area contributed by atoms with Gasteiger partial charge in [0.15, 0.2) is 0 Å². The van der Waals surface area contributed by atoms with Crippen LogP contribution in [0.4, 0.5) is 10.5 Å². The van der Waals surface area contributed by atoms with Crippen molar-refractivity contribution in [3.8, 4) is 11.1 Å². The lowest BCUT2D eigenvalue weighted by Crippen LogP contribution is -2.30. The van der Waals surface area contributed by atoms with Crippen LogP contribution in [0.5, 0.6) is 0 Å². The van der Waals surface area contributed by atoms with Gasteiger partial charge < -0.3 is 16.0 Å². The first-order chi connectivity index (χ1) is 13.1. The number of benzene rings is 2. The van der Waals surface area contributed by atoms with E-state index in [1.165, 1.54) is 0 Å². The lowest BCUT2D eigenvalue weighted by atomic mass is 10.0. The van der Waals surface area contributed by atoms with Gasteiger partial charge in [-0.15, -0.1) is 0 Å². The first kappa shape index (κ1) is 19.0. The molecule has 27 heavy (non-hydrogen) atoms. The molecule has 3 N–H and O–H groups in total. The van der Waals surface area contributed by atoms with E-state index >= 15 is 0 Å². The minimum Gasteiger partial charge on any atom is -0.334 e. The molecule has 142 valence electrons. The third-order valence-corrected chi connectivity index (χ3v) is 4.98. The zero-order chi connectivity index (χ0) is 19.1. The molecule has 3 amide bonds. The molecule has 0 radical (unpaired) electrons. The van der Waals surface area contributed by atoms with Crippen LogP contribution in [0.2, 0.25) is 0 Å². The Labute approximate surface area is 160 Å². The highest BCUT2D eigenvalue weighted by Gasteiger charge is 2.26. The van der Waals surface area contributed by atoms with E-state index in [1.807, 2.05) is 61.5 Å². The van der Waals surface area contributed by atoms with E-state index in [0.29, 0.717) is 6.42 Å². The van der Waals surface area contributed by atoms with Crippen LogP contribution in [0.25, 0.3) is 11.1 Å². The summed E-state index contributed by atoms with van der Waals surface area (Å²) in [6.07, 6.45) is 4.28. The Morgan fingerprint density at radius 3 is 2.44 bits per heavy atom. The number of carbonyl (C=O) groups excluding carboxylic acids is 2. The molecular weight excluding hydrogens is 338 g/mol. The number of nitrogens with one attached hydrogen (secondary N) is 3. The summed E-state index contributed by atoms with van der Waals surface area (Å²) in [5.41, 5.74) is 2.97. The molecule has 0 unspecified atom stereocenters. The van der Waals surface area contributed by atoms with Crippen LogP contribution in [0.3, 0.4) is 0 Å². The third kappa shape index (κ3) is 5.33. The first-order valence-electron chi connectivity index (χ1n) is 9.65. The maximum Gasteiger partial charge on any atom is 0.315 e. The minimum atomic E-state index is -0.0797. The first-order valence-corrected chi connectivity index (χ1v) is 9.65. The lowest BCUT2D eigenvalue weighted by Gasteiger charge is -2.14. The quantitative estimate of drug-likeness (QED) is 0.610. The molecule has 0 aliphatic carbocycles. The SMILES string of the molecule is C[C@H]1NC(=O)N[C@H]1CCCCCC(=O)Nc1ccccc1-c1ccccc1. The fraction of sp³-hybridized carbons (Fsp3) is 0.364. The molecule has 5 nitrogen and oxygen atoms in total. The van der Waals surface area contributed by atoms with E-state index in [-0.39, 0.29) is 24.0 Å². The number of unbranched alkanes of at least 4 members (excludes halogenated alkanes) is 2. The number of rotatable bonds is 8. The Kier molecular flexibility index (Phi) is 6.47. The molecule has 2 atom stereocenters. The van der Waals surface area contributed by atoms with Crippen LogP contribution in [-0.4, -0.2) is 24.0 Å². The van der Waals surface area contributed by atoms with Gasteiger partial charge in [0, 0.05) is 23.7 Å². The number of anilines is 1. The monoisotopic (exact) mass is 365 g/mol. The van der Waals surface area contributed by atoms with Gasteiger partial charge in [0.1, 0.15) is 0 Å². The Morgan fingerprint density at radius 2 is 1.70 bits per heavy atom. The molecule has 5 heteroatoms. The lowest BCUT2D eigenvalue weighted by molar-refractivity contribution is -0.116. The number of amides is 3. The van der Waals surface area contributed by atoms with Gasteiger partial charge in [-0.1, -0.05) is 61.4 Å². The average Bonchev–Trinajstić information content (AvgIpc) is 3.00. The van der Waals surface area contributed by atoms with E-state index in [9.17, 15) is 9.59 Å². The molecule has 2 aromatic carbocycles. The largest absolute Gasteiger partial charge is 0.334 e.